The van der Waals surface area contributed by atoms with Gasteiger partial charge in [-0.25, -0.2) is 18.0 Å². The van der Waals surface area contributed by atoms with E-state index in [0.29, 0.717) is 35.3 Å². The summed E-state index contributed by atoms with van der Waals surface area (Å²) in [6, 6.07) is 12.4. The first-order valence-electron chi connectivity index (χ1n) is 13.6. The number of fused-ring (bicyclic) bond motifs is 3. The number of hydrogen-bond acceptors (Lipinski definition) is 7. The van der Waals surface area contributed by atoms with Gasteiger partial charge in [0.1, 0.15) is 11.4 Å². The molecule has 3 N–H and O–H groups in total. The van der Waals surface area contributed by atoms with Gasteiger partial charge < -0.3 is 19.5 Å². The van der Waals surface area contributed by atoms with Crippen LogP contribution < -0.4 is 4.74 Å². The van der Waals surface area contributed by atoms with Gasteiger partial charge in [-0.05, 0) is 73.2 Å². The van der Waals surface area contributed by atoms with Gasteiger partial charge in [0.25, 0.3) is 0 Å². The molecule has 2 heterocycles. The number of aromatic nitrogens is 2. The number of ether oxygens (including phenoxy) is 1. The third-order valence-electron chi connectivity index (χ3n) is 7.09. The molecule has 15 heteroatoms. The topological polar surface area (TPSA) is 142 Å². The minimum absolute atomic E-state index is 0.0546. The molecule has 0 unspecified atom stereocenters. The maximum atomic E-state index is 13.0. The molecule has 1 aliphatic carbocycles. The number of halogens is 3. The van der Waals surface area contributed by atoms with E-state index in [1.807, 2.05) is 25.1 Å². The number of benzene rings is 2. The summed E-state index contributed by atoms with van der Waals surface area (Å²) in [6.07, 6.45) is -1.29. The van der Waals surface area contributed by atoms with Crippen LogP contribution in [0.2, 0.25) is 0 Å². The fourth-order valence-corrected chi connectivity index (χ4v) is 7.04. The Balaban J connectivity index is 1.39. The third-order valence-corrected chi connectivity index (χ3v) is 9.87. The number of aromatic amines is 1. The van der Waals surface area contributed by atoms with Gasteiger partial charge in [-0.1, -0.05) is 12.1 Å². The lowest BCUT2D eigenvalue weighted by molar-refractivity contribution is -0.146. The minimum Gasteiger partial charge on any atom is -0.491 e. The molecule has 0 saturated heterocycles. The summed E-state index contributed by atoms with van der Waals surface area (Å²) in [6.45, 7) is -0.245. The average molecular weight is 642 g/mol. The SMILES string of the molecule is Cc1cnc2[nH]c3c(OCCCN(CCOP(=O)(O)O)CC(F)(F)F)ccc(-c4cccc(S(=O)(=O)C5CC5)c4)c3c2c1. The predicted molar refractivity (Wildman–Crippen MR) is 155 cm³/mol. The Hall–Kier alpha value is -3.00. The molecule has 4 aromatic rings. The molecule has 0 atom stereocenters. The molecule has 0 amide bonds. The monoisotopic (exact) mass is 641 g/mol. The average Bonchev–Trinajstić information content (AvgIpc) is 3.72. The molecule has 0 aliphatic heterocycles. The Bertz CT molecular complexity index is 1790. The van der Waals surface area contributed by atoms with Crippen molar-refractivity contribution in [1.29, 1.82) is 0 Å². The Morgan fingerprint density at radius 1 is 1.12 bits per heavy atom. The Morgan fingerprint density at radius 3 is 2.58 bits per heavy atom. The van der Waals surface area contributed by atoms with Gasteiger partial charge in [0, 0.05) is 30.1 Å². The lowest BCUT2D eigenvalue weighted by Gasteiger charge is -2.23. The highest BCUT2D eigenvalue weighted by Gasteiger charge is 2.37. The van der Waals surface area contributed by atoms with Crippen LogP contribution in [0.5, 0.6) is 5.75 Å². The Kier molecular flexibility index (Phi) is 8.90. The van der Waals surface area contributed by atoms with Crippen molar-refractivity contribution >= 4 is 39.6 Å². The molecule has 0 spiro atoms. The van der Waals surface area contributed by atoms with E-state index in [-0.39, 0.29) is 36.3 Å². The van der Waals surface area contributed by atoms with Crippen molar-refractivity contribution in [3.63, 3.8) is 0 Å². The first-order chi connectivity index (χ1) is 20.2. The summed E-state index contributed by atoms with van der Waals surface area (Å²) in [5.74, 6) is 0.448. The molecule has 1 fully saturated rings. The highest BCUT2D eigenvalue weighted by atomic mass is 32.2. The molecule has 0 radical (unpaired) electrons. The van der Waals surface area contributed by atoms with Gasteiger partial charge in [0.05, 0.1) is 35.4 Å². The second-order valence-electron chi connectivity index (χ2n) is 10.6. The normalized spacial score (nSPS) is 14.7. The van der Waals surface area contributed by atoms with E-state index >= 15 is 0 Å². The van der Waals surface area contributed by atoms with Crippen LogP contribution in [0.25, 0.3) is 33.1 Å². The van der Waals surface area contributed by atoms with Crippen LogP contribution in [0.1, 0.15) is 24.8 Å². The summed E-state index contributed by atoms with van der Waals surface area (Å²) >= 11 is 0. The van der Waals surface area contributed by atoms with Crippen molar-refractivity contribution in [2.45, 2.75) is 42.5 Å². The fraction of sp³-hybridized carbons (Fsp3) is 0.393. The number of alkyl halides is 3. The summed E-state index contributed by atoms with van der Waals surface area (Å²) in [5.41, 5.74) is 3.61. The number of rotatable bonds is 13. The van der Waals surface area contributed by atoms with E-state index in [4.69, 9.17) is 14.5 Å². The molecule has 10 nitrogen and oxygen atoms in total. The van der Waals surface area contributed by atoms with Crippen LogP contribution in [-0.4, -0.2) is 77.3 Å². The molecule has 232 valence electrons. The van der Waals surface area contributed by atoms with E-state index in [2.05, 4.69) is 14.5 Å². The number of phosphoric ester groups is 1. The smallest absolute Gasteiger partial charge is 0.469 e. The fourth-order valence-electron chi connectivity index (χ4n) is 5.02. The number of aryl methyl sites for hydroxylation is 1. The van der Waals surface area contributed by atoms with Crippen molar-refractivity contribution in [2.24, 2.45) is 0 Å². The van der Waals surface area contributed by atoms with Crippen molar-refractivity contribution in [2.75, 3.05) is 32.8 Å². The van der Waals surface area contributed by atoms with E-state index in [0.717, 1.165) is 26.8 Å². The Labute approximate surface area is 246 Å². The molecular weight excluding hydrogens is 610 g/mol. The second-order valence-corrected chi connectivity index (χ2v) is 14.1. The quantitative estimate of drug-likeness (QED) is 0.130. The number of H-pyrrole nitrogens is 1. The summed E-state index contributed by atoms with van der Waals surface area (Å²) in [4.78, 5) is 26.7. The molecule has 2 aromatic carbocycles. The molecule has 1 aliphatic rings. The number of hydrogen-bond donors (Lipinski definition) is 3. The molecule has 1 saturated carbocycles. The maximum absolute atomic E-state index is 13.0. The lowest BCUT2D eigenvalue weighted by Crippen LogP contribution is -2.37. The zero-order valence-electron chi connectivity index (χ0n) is 23.2. The van der Waals surface area contributed by atoms with Gasteiger partial charge in [0.2, 0.25) is 0 Å². The maximum Gasteiger partial charge on any atom is 0.469 e. The van der Waals surface area contributed by atoms with Gasteiger partial charge in [-0.15, -0.1) is 0 Å². The summed E-state index contributed by atoms with van der Waals surface area (Å²) in [7, 11) is -8.20. The van der Waals surface area contributed by atoms with Gasteiger partial charge >= 0.3 is 14.0 Å². The number of pyridine rings is 1. The largest absolute Gasteiger partial charge is 0.491 e. The highest BCUT2D eigenvalue weighted by molar-refractivity contribution is 7.92. The first-order valence-corrected chi connectivity index (χ1v) is 16.7. The van der Waals surface area contributed by atoms with Crippen LogP contribution in [0.3, 0.4) is 0 Å². The highest BCUT2D eigenvalue weighted by Crippen LogP contribution is 2.41. The van der Waals surface area contributed by atoms with Crippen molar-refractivity contribution in [3.8, 4) is 16.9 Å². The van der Waals surface area contributed by atoms with Crippen LogP contribution in [-0.2, 0) is 18.9 Å². The predicted octanol–water partition coefficient (Wildman–Crippen LogP) is 5.37. The van der Waals surface area contributed by atoms with Crippen LogP contribution >= 0.6 is 7.82 Å². The van der Waals surface area contributed by atoms with E-state index < -0.39 is 37.0 Å². The summed E-state index contributed by atoms with van der Waals surface area (Å²) < 4.78 is 86.2. The summed E-state index contributed by atoms with van der Waals surface area (Å²) in [5, 5.41) is 1.24. The number of nitrogens with zero attached hydrogens (tertiary/aromatic N) is 2. The number of nitrogens with one attached hydrogen (secondary N) is 1. The van der Waals surface area contributed by atoms with Gasteiger partial charge in [-0.3, -0.25) is 9.42 Å². The Morgan fingerprint density at radius 2 is 1.88 bits per heavy atom. The zero-order valence-corrected chi connectivity index (χ0v) is 24.9. The van der Waals surface area contributed by atoms with E-state index in [1.165, 1.54) is 0 Å². The molecular formula is C28H31F3N3O7PS. The second kappa shape index (κ2) is 12.2. The van der Waals surface area contributed by atoms with E-state index in [1.54, 1.807) is 30.5 Å². The van der Waals surface area contributed by atoms with Gasteiger partial charge in [-0.2, -0.15) is 13.2 Å². The number of phosphoric acid groups is 1. The molecule has 43 heavy (non-hydrogen) atoms. The van der Waals surface area contributed by atoms with Crippen LogP contribution in [0.15, 0.2) is 53.6 Å². The van der Waals surface area contributed by atoms with Crippen molar-refractivity contribution in [1.82, 2.24) is 14.9 Å². The minimum atomic E-state index is -4.79. The zero-order chi connectivity index (χ0) is 31.0. The van der Waals surface area contributed by atoms with Gasteiger partial charge in [0.15, 0.2) is 9.84 Å². The standard InChI is InChI=1S/C28H31F3N3O7PS/c1-18-14-23-25-22(19-4-2-5-21(15-19)43(38,39)20-6-7-20)8-9-24(26(25)33-27(23)32-16-18)40-12-3-10-34(17-28(29,30)31)11-13-41-42(35,36)37/h2,4-5,8-9,14-16,20H,3,6-7,10-13,17H2,1H3,(H,32,33)(H2,35,36,37). The van der Waals surface area contributed by atoms with Crippen molar-refractivity contribution < 1.29 is 45.2 Å². The lowest BCUT2D eigenvalue weighted by atomic mass is 9.99. The van der Waals surface area contributed by atoms with Crippen LogP contribution in [0, 0.1) is 6.92 Å². The molecule has 2 aromatic heterocycles. The number of sulfone groups is 1. The third kappa shape index (κ3) is 7.75. The first kappa shape index (κ1) is 31.4. The molecule has 5 rings (SSSR count). The molecule has 0 bridgehead atoms. The van der Waals surface area contributed by atoms with E-state index in [9.17, 15) is 26.2 Å². The van der Waals surface area contributed by atoms with Crippen molar-refractivity contribution in [3.05, 3.63) is 54.2 Å². The van der Waals surface area contributed by atoms with Crippen LogP contribution in [0.4, 0.5) is 13.2 Å².